The summed E-state index contributed by atoms with van der Waals surface area (Å²) >= 11 is 1.58. The Bertz CT molecular complexity index is 1960. The fourth-order valence-corrected chi connectivity index (χ4v) is 12.8. The minimum absolute atomic E-state index is 0.105. The fourth-order valence-electron chi connectivity index (χ4n) is 6.66. The number of benzene rings is 4. The van der Waals surface area contributed by atoms with Gasteiger partial charge in [-0.25, -0.2) is 4.79 Å². The Hall–Kier alpha value is -4.35. The van der Waals surface area contributed by atoms with Crippen LogP contribution in [0.1, 0.15) is 42.7 Å². The predicted octanol–water partition coefficient (Wildman–Crippen LogP) is 5.66. The molecule has 5 aromatic rings. The number of nitrogens with zero attached hydrogens (tertiary/aromatic N) is 2. The van der Waals surface area contributed by atoms with E-state index in [1.807, 2.05) is 66.7 Å². The van der Waals surface area contributed by atoms with E-state index in [4.69, 9.17) is 9.16 Å². The molecule has 0 bridgehead atoms. The molecule has 2 heterocycles. The summed E-state index contributed by atoms with van der Waals surface area (Å²) in [5, 5.41) is 1.77. The van der Waals surface area contributed by atoms with E-state index in [1.54, 1.807) is 30.0 Å². The predicted molar refractivity (Wildman–Crippen MR) is 195 cm³/mol. The Morgan fingerprint density at radius 3 is 1.92 bits per heavy atom. The van der Waals surface area contributed by atoms with Gasteiger partial charge < -0.3 is 9.16 Å². The minimum Gasteiger partial charge on any atom is -0.406 e. The van der Waals surface area contributed by atoms with Crippen LogP contribution >= 0.6 is 11.8 Å². The van der Waals surface area contributed by atoms with Gasteiger partial charge in [0, 0.05) is 17.9 Å². The van der Waals surface area contributed by atoms with E-state index in [9.17, 15) is 14.4 Å². The van der Waals surface area contributed by atoms with Crippen molar-refractivity contribution in [2.24, 2.45) is 0 Å². The smallest absolute Gasteiger partial charge is 0.338 e. The number of carbonyl (C=O) groups excluding carboxylic acids is 1. The van der Waals surface area contributed by atoms with Crippen LogP contribution in [-0.4, -0.2) is 47.1 Å². The molecule has 6 rings (SSSR count). The molecule has 49 heavy (non-hydrogen) atoms. The molecular formula is C39H39FN2O5SSi. The first-order valence-corrected chi connectivity index (χ1v) is 19.2. The third-order valence-corrected chi connectivity index (χ3v) is 15.4. The Labute approximate surface area is 290 Å². The topological polar surface area (TPSA) is 79.5 Å². The Balaban J connectivity index is 1.39. The van der Waals surface area contributed by atoms with Gasteiger partial charge in [0.1, 0.15) is 0 Å². The van der Waals surface area contributed by atoms with Gasteiger partial charge in [0.2, 0.25) is 5.82 Å². The number of hydrogen-bond acceptors (Lipinski definition) is 6. The molecular weight excluding hydrogens is 656 g/mol. The highest BCUT2D eigenvalue weighted by Gasteiger charge is 2.51. The fraction of sp³-hybridized carbons (Fsp3) is 0.256. The first kappa shape index (κ1) is 34.5. The zero-order chi connectivity index (χ0) is 34.6. The first-order chi connectivity index (χ1) is 23.6. The lowest BCUT2D eigenvalue weighted by Gasteiger charge is -2.43. The lowest BCUT2D eigenvalue weighted by Crippen LogP contribution is -2.67. The number of halogens is 1. The number of carbonyl (C=O) groups is 1. The molecule has 0 unspecified atom stereocenters. The maximum absolute atomic E-state index is 15.3. The summed E-state index contributed by atoms with van der Waals surface area (Å²) in [5.41, 5.74) is -1.15. The molecule has 0 amide bonds. The van der Waals surface area contributed by atoms with E-state index in [2.05, 4.69) is 45.0 Å². The van der Waals surface area contributed by atoms with Gasteiger partial charge >= 0.3 is 5.69 Å². The zero-order valence-corrected chi connectivity index (χ0v) is 29.5. The zero-order valence-electron chi connectivity index (χ0n) is 27.7. The molecule has 7 nitrogen and oxygen atoms in total. The van der Waals surface area contributed by atoms with Crippen LogP contribution in [0.3, 0.4) is 0 Å². The van der Waals surface area contributed by atoms with Crippen molar-refractivity contribution in [3.05, 3.63) is 165 Å². The molecule has 0 radical (unpaired) electrons. The summed E-state index contributed by atoms with van der Waals surface area (Å²) in [5.74, 6) is -1.70. The number of ether oxygens (including phenoxy) is 1. The number of aromatic nitrogens is 2. The molecule has 1 fully saturated rings. The summed E-state index contributed by atoms with van der Waals surface area (Å²) in [6.07, 6.45) is 0.299. The molecule has 0 aliphatic carbocycles. The van der Waals surface area contributed by atoms with E-state index in [0.717, 1.165) is 26.7 Å². The molecule has 4 aromatic carbocycles. The van der Waals surface area contributed by atoms with Crippen molar-refractivity contribution >= 4 is 36.4 Å². The van der Waals surface area contributed by atoms with Crippen molar-refractivity contribution in [2.45, 2.75) is 49.8 Å². The number of hydrogen-bond donors (Lipinski definition) is 0. The van der Waals surface area contributed by atoms with Crippen molar-refractivity contribution in [3.63, 3.8) is 0 Å². The van der Waals surface area contributed by atoms with Crippen LogP contribution in [0.5, 0.6) is 0 Å². The van der Waals surface area contributed by atoms with Crippen LogP contribution in [0, 0.1) is 5.82 Å². The van der Waals surface area contributed by atoms with Gasteiger partial charge in [-0.15, -0.1) is 0 Å². The molecule has 0 spiro atoms. The minimum atomic E-state index is -2.91. The molecule has 10 heteroatoms. The normalized spacial score (nSPS) is 18.0. The molecule has 252 valence electrons. The molecule has 1 aromatic heterocycles. The van der Waals surface area contributed by atoms with Crippen molar-refractivity contribution in [2.75, 3.05) is 12.4 Å². The van der Waals surface area contributed by atoms with Gasteiger partial charge in [-0.3, -0.25) is 14.2 Å². The maximum Gasteiger partial charge on any atom is 0.338 e. The molecule has 3 atom stereocenters. The second kappa shape index (κ2) is 14.6. The van der Waals surface area contributed by atoms with Crippen LogP contribution in [0.15, 0.2) is 137 Å². The summed E-state index contributed by atoms with van der Waals surface area (Å²) in [7, 11) is -2.91. The molecule has 0 N–H and O–H groups in total. The molecule has 0 saturated carbocycles. The SMILES string of the molecule is CC(C)(C)[Si](OC[C@H]1SC[C@@H](n2cc(F)c(=O)n(C(=O)c3ccccc3)c2=O)[C@@H]1OCc1ccccc1)(c1ccccc1)c1ccccc1. The van der Waals surface area contributed by atoms with E-state index in [1.165, 1.54) is 12.1 Å². The number of thioether (sulfide) groups is 1. The van der Waals surface area contributed by atoms with E-state index < -0.39 is 43.4 Å². The Morgan fingerprint density at radius 2 is 1.37 bits per heavy atom. The Kier molecular flexibility index (Phi) is 10.3. The third kappa shape index (κ3) is 6.91. The molecule has 1 aliphatic heterocycles. The van der Waals surface area contributed by atoms with Crippen LogP contribution in [0.2, 0.25) is 5.04 Å². The molecule has 1 saturated heterocycles. The van der Waals surface area contributed by atoms with Gasteiger partial charge in [0.05, 0.1) is 30.2 Å². The van der Waals surface area contributed by atoms with E-state index >= 15 is 4.39 Å². The monoisotopic (exact) mass is 694 g/mol. The largest absolute Gasteiger partial charge is 0.406 e. The van der Waals surface area contributed by atoms with Crippen LogP contribution in [0.25, 0.3) is 0 Å². The van der Waals surface area contributed by atoms with E-state index in [0.29, 0.717) is 16.9 Å². The Morgan fingerprint density at radius 1 is 0.837 bits per heavy atom. The average molecular weight is 695 g/mol. The highest BCUT2D eigenvalue weighted by atomic mass is 32.2. The standard InChI is InChI=1S/C39H39FN2O5SSi/c1-39(2,3)49(30-20-12-6-13-21-30,31-22-14-7-15-23-31)47-26-34-35(46-25-28-16-8-4-9-17-28)33(27-48-34)41-24-32(40)37(44)42(38(41)45)36(43)29-18-10-5-11-19-29/h4-24,33-35H,25-27H2,1-3H3/t33-,34-,35+/m1/s1. The van der Waals surface area contributed by atoms with Gasteiger partial charge in [0.15, 0.2) is 0 Å². The van der Waals surface area contributed by atoms with Crippen molar-refractivity contribution < 1.29 is 18.3 Å². The summed E-state index contributed by atoms with van der Waals surface area (Å²) < 4.78 is 30.7. The molecule has 1 aliphatic rings. The maximum atomic E-state index is 15.3. The number of rotatable bonds is 10. The highest BCUT2D eigenvalue weighted by molar-refractivity contribution is 8.00. The average Bonchev–Trinajstić information content (AvgIpc) is 3.52. The van der Waals surface area contributed by atoms with Crippen LogP contribution in [-0.2, 0) is 15.8 Å². The van der Waals surface area contributed by atoms with Crippen LogP contribution in [0.4, 0.5) is 4.39 Å². The van der Waals surface area contributed by atoms with E-state index in [-0.39, 0.29) is 22.5 Å². The van der Waals surface area contributed by atoms with Crippen molar-refractivity contribution in [3.8, 4) is 0 Å². The quantitative estimate of drug-likeness (QED) is 0.176. The lowest BCUT2D eigenvalue weighted by atomic mass is 10.1. The van der Waals surface area contributed by atoms with Gasteiger partial charge in [-0.2, -0.15) is 20.7 Å². The van der Waals surface area contributed by atoms with Crippen molar-refractivity contribution in [1.29, 1.82) is 0 Å². The van der Waals surface area contributed by atoms with Crippen LogP contribution < -0.4 is 21.6 Å². The summed E-state index contributed by atoms with van der Waals surface area (Å²) in [6, 6.07) is 37.6. The second-order valence-electron chi connectivity index (χ2n) is 13.2. The van der Waals surface area contributed by atoms with Gasteiger partial charge in [0.25, 0.3) is 19.8 Å². The van der Waals surface area contributed by atoms with Crippen molar-refractivity contribution in [1.82, 2.24) is 9.13 Å². The summed E-state index contributed by atoms with van der Waals surface area (Å²) in [4.78, 5) is 40.2. The lowest BCUT2D eigenvalue weighted by molar-refractivity contribution is 0.00635. The second-order valence-corrected chi connectivity index (χ2v) is 18.7. The summed E-state index contributed by atoms with van der Waals surface area (Å²) in [6.45, 7) is 7.18. The third-order valence-electron chi connectivity index (χ3n) is 9.05. The van der Waals surface area contributed by atoms with Gasteiger partial charge in [-0.1, -0.05) is 130 Å². The highest BCUT2D eigenvalue weighted by Crippen LogP contribution is 2.41. The van der Waals surface area contributed by atoms with Gasteiger partial charge in [-0.05, 0) is 33.1 Å². The first-order valence-electron chi connectivity index (χ1n) is 16.3.